The number of benzene rings is 1. The minimum absolute atomic E-state index is 0.146. The second-order valence-corrected chi connectivity index (χ2v) is 5.96. The number of likely N-dealkylation sites (N-methyl/N-ethyl adjacent to an activating group) is 1. The fourth-order valence-electron chi connectivity index (χ4n) is 2.11. The zero-order valence-corrected chi connectivity index (χ0v) is 13.6. The van der Waals surface area contributed by atoms with E-state index in [0.29, 0.717) is 30.6 Å². The van der Waals surface area contributed by atoms with Crippen LogP contribution in [-0.4, -0.2) is 38.8 Å². The smallest absolute Gasteiger partial charge is 0.240 e. The van der Waals surface area contributed by atoms with Gasteiger partial charge in [-0.25, -0.2) is 4.39 Å². The first kappa shape index (κ1) is 17.4. The maximum Gasteiger partial charge on any atom is 0.240 e. The van der Waals surface area contributed by atoms with Crippen molar-refractivity contribution >= 4 is 0 Å². The Morgan fingerprint density at radius 3 is 2.61 bits per heavy atom. The minimum atomic E-state index is -0.787. The average Bonchev–Trinajstić information content (AvgIpc) is 2.92. The largest absolute Gasteiger partial charge is 0.485 e. The van der Waals surface area contributed by atoms with Gasteiger partial charge in [0.05, 0.1) is 12.1 Å². The zero-order valence-electron chi connectivity index (χ0n) is 13.6. The Morgan fingerprint density at radius 1 is 1.30 bits per heavy atom. The molecule has 1 aromatic carbocycles. The summed E-state index contributed by atoms with van der Waals surface area (Å²) in [7, 11) is 0. The minimum Gasteiger partial charge on any atom is -0.485 e. The second-order valence-electron chi connectivity index (χ2n) is 5.96. The van der Waals surface area contributed by atoms with E-state index < -0.39 is 5.60 Å². The molecular formula is C16H22FN3O3. The molecule has 0 aliphatic heterocycles. The molecule has 0 aliphatic rings. The molecule has 23 heavy (non-hydrogen) atoms. The van der Waals surface area contributed by atoms with Crippen LogP contribution in [-0.2, 0) is 13.2 Å². The van der Waals surface area contributed by atoms with Crippen LogP contribution in [0.1, 0.15) is 32.5 Å². The summed E-state index contributed by atoms with van der Waals surface area (Å²) in [5, 5.41) is 13.7. The van der Waals surface area contributed by atoms with Crippen molar-refractivity contribution in [3.8, 4) is 5.75 Å². The number of hydrogen-bond donors (Lipinski definition) is 1. The lowest BCUT2D eigenvalue weighted by Gasteiger charge is -2.26. The monoisotopic (exact) mass is 323 g/mol. The Hall–Kier alpha value is -1.99. The maximum absolute atomic E-state index is 12.8. The lowest BCUT2D eigenvalue weighted by Crippen LogP contribution is -2.38. The molecule has 126 valence electrons. The first-order chi connectivity index (χ1) is 10.9. The number of rotatable bonds is 8. The molecule has 1 N–H and O–H groups in total. The van der Waals surface area contributed by atoms with Crippen molar-refractivity contribution in [1.82, 2.24) is 15.0 Å². The molecule has 2 aromatic rings. The van der Waals surface area contributed by atoms with Crippen molar-refractivity contribution in [3.05, 3.63) is 41.8 Å². The fraction of sp³-hybridized carbons (Fsp3) is 0.500. The van der Waals surface area contributed by atoms with Crippen LogP contribution in [0.25, 0.3) is 0 Å². The quantitative estimate of drug-likeness (QED) is 0.804. The highest BCUT2D eigenvalue weighted by Crippen LogP contribution is 2.13. The Balaban J connectivity index is 1.88. The predicted molar refractivity (Wildman–Crippen MR) is 82.3 cm³/mol. The summed E-state index contributed by atoms with van der Waals surface area (Å²) in [4.78, 5) is 6.27. The van der Waals surface area contributed by atoms with Crippen molar-refractivity contribution in [1.29, 1.82) is 0 Å². The third-order valence-corrected chi connectivity index (χ3v) is 3.11. The predicted octanol–water partition coefficient (Wildman–Crippen LogP) is 2.38. The lowest BCUT2D eigenvalue weighted by atomic mass is 10.1. The molecule has 0 fully saturated rings. The summed E-state index contributed by atoms with van der Waals surface area (Å²) in [6, 6.07) is 5.73. The van der Waals surface area contributed by atoms with Gasteiger partial charge in [0.15, 0.2) is 6.61 Å². The Labute approximate surface area is 134 Å². The van der Waals surface area contributed by atoms with Crippen molar-refractivity contribution < 1.29 is 18.8 Å². The standard InChI is InChI=1S/C16H22FN3O3/c1-4-20(11-16(2,3)21)9-15-18-14(19-23-15)10-22-13-7-5-12(17)6-8-13/h5-8,21H,4,9-11H2,1-3H3. The van der Waals surface area contributed by atoms with Gasteiger partial charge in [-0.15, -0.1) is 0 Å². The molecule has 0 amide bonds. The number of nitrogens with zero attached hydrogens (tertiary/aromatic N) is 3. The SMILES string of the molecule is CCN(Cc1nc(COc2ccc(F)cc2)no1)CC(C)(C)O. The van der Waals surface area contributed by atoms with Crippen molar-refractivity contribution in [2.24, 2.45) is 0 Å². The summed E-state index contributed by atoms with van der Waals surface area (Å²) in [6.45, 7) is 7.38. The molecule has 0 radical (unpaired) electrons. The number of aromatic nitrogens is 2. The molecule has 0 saturated carbocycles. The van der Waals surface area contributed by atoms with Crippen LogP contribution >= 0.6 is 0 Å². The van der Waals surface area contributed by atoms with Crippen LogP contribution in [0.4, 0.5) is 4.39 Å². The van der Waals surface area contributed by atoms with Gasteiger partial charge in [-0.1, -0.05) is 12.1 Å². The molecular weight excluding hydrogens is 301 g/mol. The number of hydrogen-bond acceptors (Lipinski definition) is 6. The number of ether oxygens (including phenoxy) is 1. The topological polar surface area (TPSA) is 71.6 Å². The van der Waals surface area contributed by atoms with E-state index in [-0.39, 0.29) is 12.4 Å². The molecule has 0 spiro atoms. The highest BCUT2D eigenvalue weighted by Gasteiger charge is 2.19. The van der Waals surface area contributed by atoms with Crippen molar-refractivity contribution in [3.63, 3.8) is 0 Å². The van der Waals surface area contributed by atoms with E-state index in [1.54, 1.807) is 26.0 Å². The molecule has 0 bridgehead atoms. The van der Waals surface area contributed by atoms with Gasteiger partial charge >= 0.3 is 0 Å². The van der Waals surface area contributed by atoms with Crippen molar-refractivity contribution in [2.75, 3.05) is 13.1 Å². The van der Waals surface area contributed by atoms with Crippen LogP contribution in [0.15, 0.2) is 28.8 Å². The third kappa shape index (κ3) is 5.96. The highest BCUT2D eigenvalue weighted by molar-refractivity contribution is 5.22. The van der Waals surface area contributed by atoms with E-state index in [4.69, 9.17) is 9.26 Å². The van der Waals surface area contributed by atoms with Crippen LogP contribution in [0, 0.1) is 5.82 Å². The fourth-order valence-corrected chi connectivity index (χ4v) is 2.11. The molecule has 1 aromatic heterocycles. The Morgan fingerprint density at radius 2 is 2.00 bits per heavy atom. The first-order valence-electron chi connectivity index (χ1n) is 7.50. The average molecular weight is 323 g/mol. The van der Waals surface area contributed by atoms with E-state index in [1.165, 1.54) is 12.1 Å². The lowest BCUT2D eigenvalue weighted by molar-refractivity contribution is 0.0322. The molecule has 0 aliphatic carbocycles. The van der Waals surface area contributed by atoms with Gasteiger partial charge in [-0.2, -0.15) is 4.98 Å². The number of aliphatic hydroxyl groups is 1. The van der Waals surface area contributed by atoms with E-state index >= 15 is 0 Å². The molecule has 7 heteroatoms. The van der Waals surface area contributed by atoms with E-state index in [2.05, 4.69) is 10.1 Å². The summed E-state index contributed by atoms with van der Waals surface area (Å²) in [6.07, 6.45) is 0. The van der Waals surface area contributed by atoms with Crippen LogP contribution in [0.2, 0.25) is 0 Å². The van der Waals surface area contributed by atoms with Gasteiger partial charge in [-0.05, 0) is 44.7 Å². The third-order valence-electron chi connectivity index (χ3n) is 3.11. The van der Waals surface area contributed by atoms with E-state index in [9.17, 15) is 9.50 Å². The maximum atomic E-state index is 12.8. The summed E-state index contributed by atoms with van der Waals surface area (Å²) in [5.41, 5.74) is -0.787. The summed E-state index contributed by atoms with van der Waals surface area (Å²) >= 11 is 0. The van der Waals surface area contributed by atoms with Crippen LogP contribution < -0.4 is 4.74 Å². The summed E-state index contributed by atoms with van der Waals surface area (Å²) in [5.74, 6) is 1.11. The van der Waals surface area contributed by atoms with E-state index in [0.717, 1.165) is 6.54 Å². The Bertz CT molecular complexity index is 608. The van der Waals surface area contributed by atoms with Gasteiger partial charge in [0.1, 0.15) is 11.6 Å². The van der Waals surface area contributed by atoms with Crippen LogP contribution in [0.5, 0.6) is 5.75 Å². The second kappa shape index (κ2) is 7.52. The van der Waals surface area contributed by atoms with Crippen molar-refractivity contribution in [2.45, 2.75) is 39.5 Å². The van der Waals surface area contributed by atoms with Gasteiger partial charge in [0, 0.05) is 6.54 Å². The molecule has 2 rings (SSSR count). The van der Waals surface area contributed by atoms with E-state index in [1.807, 2.05) is 11.8 Å². The zero-order chi connectivity index (χ0) is 16.9. The Kier molecular flexibility index (Phi) is 5.68. The van der Waals surface area contributed by atoms with Gasteiger partial charge < -0.3 is 14.4 Å². The van der Waals surface area contributed by atoms with Gasteiger partial charge in [-0.3, -0.25) is 4.90 Å². The molecule has 6 nitrogen and oxygen atoms in total. The first-order valence-corrected chi connectivity index (χ1v) is 7.50. The van der Waals surface area contributed by atoms with Crippen LogP contribution in [0.3, 0.4) is 0 Å². The molecule has 0 unspecified atom stereocenters. The van der Waals surface area contributed by atoms with Gasteiger partial charge in [0.25, 0.3) is 0 Å². The highest BCUT2D eigenvalue weighted by atomic mass is 19.1. The molecule has 0 saturated heterocycles. The summed E-state index contributed by atoms with van der Waals surface area (Å²) < 4.78 is 23.5. The van der Waals surface area contributed by atoms with Gasteiger partial charge in [0.2, 0.25) is 11.7 Å². The molecule has 1 heterocycles. The molecule has 0 atom stereocenters. The number of halogens is 1. The normalized spacial score (nSPS) is 11.9.